The zero-order valence-corrected chi connectivity index (χ0v) is 13.5. The molecule has 3 aromatic rings. The molecule has 122 valence electrons. The number of thiophene rings is 1. The Hall–Kier alpha value is -3.00. The second-order valence-corrected chi connectivity index (χ2v) is 5.96. The molecule has 0 aliphatic heterocycles. The summed E-state index contributed by atoms with van der Waals surface area (Å²) in [5.41, 5.74) is 0.566. The Balaban J connectivity index is 1.78. The quantitative estimate of drug-likeness (QED) is 0.501. The summed E-state index contributed by atoms with van der Waals surface area (Å²) in [6, 6.07) is 13.2. The first-order valence-corrected chi connectivity index (χ1v) is 8.19. The van der Waals surface area contributed by atoms with Crippen molar-refractivity contribution in [1.29, 1.82) is 0 Å². The van der Waals surface area contributed by atoms with E-state index in [0.717, 1.165) is 12.1 Å². The first-order chi connectivity index (χ1) is 11.7. The van der Waals surface area contributed by atoms with Crippen LogP contribution in [0.25, 0.3) is 0 Å². The summed E-state index contributed by atoms with van der Waals surface area (Å²) in [5, 5.41) is 19.5. The van der Waals surface area contributed by atoms with Crippen molar-refractivity contribution in [1.82, 2.24) is 9.97 Å². The molecule has 0 saturated heterocycles. The van der Waals surface area contributed by atoms with Gasteiger partial charge in [-0.15, -0.1) is 11.3 Å². The maximum Gasteiger partial charge on any atom is 0.353 e. The van der Waals surface area contributed by atoms with Gasteiger partial charge in [0, 0.05) is 17.1 Å². The van der Waals surface area contributed by atoms with Gasteiger partial charge in [-0.05, 0) is 30.0 Å². The van der Waals surface area contributed by atoms with Gasteiger partial charge >= 0.3 is 5.69 Å². The largest absolute Gasteiger partial charge is 0.364 e. The van der Waals surface area contributed by atoms with Crippen LogP contribution in [-0.4, -0.2) is 21.4 Å². The first-order valence-electron chi connectivity index (χ1n) is 7.32. The number of para-hydroxylation sites is 1. The number of hydrogen-bond acceptors (Lipinski definition) is 7. The van der Waals surface area contributed by atoms with Gasteiger partial charge in [0.25, 0.3) is 0 Å². The minimum Gasteiger partial charge on any atom is -0.364 e. The van der Waals surface area contributed by atoms with Gasteiger partial charge in [0.1, 0.15) is 6.33 Å². The Kier molecular flexibility index (Phi) is 4.97. The lowest BCUT2D eigenvalue weighted by atomic mass is 10.3. The van der Waals surface area contributed by atoms with Crippen molar-refractivity contribution in [3.05, 3.63) is 69.2 Å². The van der Waals surface area contributed by atoms with Crippen molar-refractivity contribution >= 4 is 34.3 Å². The number of anilines is 3. The van der Waals surface area contributed by atoms with Crippen molar-refractivity contribution in [3.8, 4) is 0 Å². The Labute approximate surface area is 142 Å². The van der Waals surface area contributed by atoms with Crippen LogP contribution < -0.4 is 10.6 Å². The normalized spacial score (nSPS) is 10.3. The predicted molar refractivity (Wildman–Crippen MR) is 94.9 cm³/mol. The van der Waals surface area contributed by atoms with Crippen LogP contribution in [0.2, 0.25) is 0 Å². The van der Waals surface area contributed by atoms with Crippen molar-refractivity contribution in [3.63, 3.8) is 0 Å². The highest BCUT2D eigenvalue weighted by molar-refractivity contribution is 7.09. The molecule has 0 bridgehead atoms. The second-order valence-electron chi connectivity index (χ2n) is 4.92. The molecule has 2 N–H and O–H groups in total. The van der Waals surface area contributed by atoms with E-state index in [4.69, 9.17) is 0 Å². The number of rotatable bonds is 7. The van der Waals surface area contributed by atoms with Gasteiger partial charge in [-0.25, -0.2) is 9.97 Å². The molecule has 0 radical (unpaired) electrons. The Morgan fingerprint density at radius 2 is 1.88 bits per heavy atom. The summed E-state index contributed by atoms with van der Waals surface area (Å²) < 4.78 is 0. The van der Waals surface area contributed by atoms with E-state index in [9.17, 15) is 10.1 Å². The number of nitrogens with zero attached hydrogens (tertiary/aromatic N) is 3. The smallest absolute Gasteiger partial charge is 0.353 e. The van der Waals surface area contributed by atoms with Gasteiger partial charge < -0.3 is 10.6 Å². The van der Waals surface area contributed by atoms with Gasteiger partial charge in [0.05, 0.1) is 4.92 Å². The molecule has 0 aliphatic carbocycles. The molecular weight excluding hydrogens is 326 g/mol. The molecule has 0 spiro atoms. The zero-order valence-electron chi connectivity index (χ0n) is 12.7. The SMILES string of the molecule is O=[N+]([O-])c1c(NCCc2cccs2)ncnc1Nc1ccccc1. The van der Waals surface area contributed by atoms with Crippen molar-refractivity contribution in [2.45, 2.75) is 6.42 Å². The average molecular weight is 341 g/mol. The molecule has 1 aromatic carbocycles. The fourth-order valence-electron chi connectivity index (χ4n) is 2.19. The van der Waals surface area contributed by atoms with E-state index in [0.29, 0.717) is 6.54 Å². The minimum atomic E-state index is -0.473. The van der Waals surface area contributed by atoms with E-state index < -0.39 is 4.92 Å². The summed E-state index contributed by atoms with van der Waals surface area (Å²) in [4.78, 5) is 20.2. The zero-order chi connectivity index (χ0) is 16.8. The van der Waals surface area contributed by atoms with Crippen LogP contribution in [0.5, 0.6) is 0 Å². The van der Waals surface area contributed by atoms with Gasteiger partial charge in [0.15, 0.2) is 0 Å². The number of hydrogen-bond donors (Lipinski definition) is 2. The van der Waals surface area contributed by atoms with Crippen LogP contribution in [0.15, 0.2) is 54.2 Å². The van der Waals surface area contributed by atoms with Crippen LogP contribution in [0.3, 0.4) is 0 Å². The monoisotopic (exact) mass is 341 g/mol. The molecule has 2 aromatic heterocycles. The fraction of sp³-hybridized carbons (Fsp3) is 0.125. The standard InChI is InChI=1S/C16H15N5O2S/c22-21(23)14-15(17-9-8-13-7-4-10-24-13)18-11-19-16(14)20-12-5-2-1-3-6-12/h1-7,10-11H,8-9H2,(H2,17,18,19,20). The first kappa shape index (κ1) is 15.9. The van der Waals surface area contributed by atoms with E-state index >= 15 is 0 Å². The summed E-state index contributed by atoms with van der Waals surface area (Å²) in [5.74, 6) is 0.379. The van der Waals surface area contributed by atoms with Crippen LogP contribution in [-0.2, 0) is 6.42 Å². The third kappa shape index (κ3) is 3.85. The lowest BCUT2D eigenvalue weighted by Crippen LogP contribution is -2.10. The molecular formula is C16H15N5O2S. The molecule has 24 heavy (non-hydrogen) atoms. The fourth-order valence-corrected chi connectivity index (χ4v) is 2.90. The number of nitro groups is 1. The van der Waals surface area contributed by atoms with Crippen LogP contribution in [0, 0.1) is 10.1 Å². The summed E-state index contributed by atoms with van der Waals surface area (Å²) in [6.07, 6.45) is 2.09. The highest BCUT2D eigenvalue weighted by Gasteiger charge is 2.22. The molecule has 2 heterocycles. The number of aromatic nitrogens is 2. The molecule has 7 nitrogen and oxygen atoms in total. The van der Waals surface area contributed by atoms with E-state index in [1.807, 2.05) is 47.8 Å². The maximum atomic E-state index is 11.5. The van der Waals surface area contributed by atoms with Gasteiger partial charge in [-0.3, -0.25) is 10.1 Å². The molecule has 0 amide bonds. The molecule has 0 aliphatic rings. The Morgan fingerprint density at radius 3 is 2.58 bits per heavy atom. The van der Waals surface area contributed by atoms with Gasteiger partial charge in [0.2, 0.25) is 11.6 Å². The summed E-state index contributed by atoms with van der Waals surface area (Å²) in [7, 11) is 0. The third-order valence-electron chi connectivity index (χ3n) is 3.29. The topological polar surface area (TPSA) is 93.0 Å². The van der Waals surface area contributed by atoms with Crippen LogP contribution in [0.1, 0.15) is 4.88 Å². The molecule has 0 saturated carbocycles. The second kappa shape index (κ2) is 7.51. The molecule has 0 fully saturated rings. The lowest BCUT2D eigenvalue weighted by molar-refractivity contribution is -0.383. The molecule has 8 heteroatoms. The Morgan fingerprint density at radius 1 is 1.08 bits per heavy atom. The van der Waals surface area contributed by atoms with Crippen LogP contribution >= 0.6 is 11.3 Å². The Bertz CT molecular complexity index is 809. The van der Waals surface area contributed by atoms with E-state index in [1.165, 1.54) is 11.2 Å². The molecule has 3 rings (SSSR count). The third-order valence-corrected chi connectivity index (χ3v) is 4.22. The van der Waals surface area contributed by atoms with Crippen molar-refractivity contribution < 1.29 is 4.92 Å². The maximum absolute atomic E-state index is 11.5. The summed E-state index contributed by atoms with van der Waals surface area (Å²) in [6.45, 7) is 0.559. The van der Waals surface area contributed by atoms with E-state index in [-0.39, 0.29) is 17.3 Å². The highest BCUT2D eigenvalue weighted by Crippen LogP contribution is 2.30. The van der Waals surface area contributed by atoms with E-state index in [1.54, 1.807) is 11.3 Å². The van der Waals surface area contributed by atoms with Gasteiger partial charge in [-0.2, -0.15) is 0 Å². The van der Waals surface area contributed by atoms with Crippen LogP contribution in [0.4, 0.5) is 23.0 Å². The highest BCUT2D eigenvalue weighted by atomic mass is 32.1. The number of nitrogens with one attached hydrogen (secondary N) is 2. The predicted octanol–water partition coefficient (Wildman–Crippen LogP) is 3.84. The number of benzene rings is 1. The summed E-state index contributed by atoms with van der Waals surface area (Å²) >= 11 is 1.65. The molecule has 0 atom stereocenters. The minimum absolute atomic E-state index is 0.160. The van der Waals surface area contributed by atoms with Crippen molar-refractivity contribution in [2.24, 2.45) is 0 Å². The van der Waals surface area contributed by atoms with Gasteiger partial charge in [-0.1, -0.05) is 24.3 Å². The van der Waals surface area contributed by atoms with Crippen molar-refractivity contribution in [2.75, 3.05) is 17.2 Å². The van der Waals surface area contributed by atoms with E-state index in [2.05, 4.69) is 20.6 Å². The lowest BCUT2D eigenvalue weighted by Gasteiger charge is -2.09. The molecule has 0 unspecified atom stereocenters. The average Bonchev–Trinajstić information content (AvgIpc) is 3.09.